The number of hydrogen-bond donors (Lipinski definition) is 1. The maximum Gasteiger partial charge on any atom is 0.264 e. The van der Waals surface area contributed by atoms with Gasteiger partial charge in [0, 0.05) is 18.1 Å². The lowest BCUT2D eigenvalue weighted by Crippen LogP contribution is -2.33. The number of hydrogen-bond acceptors (Lipinski definition) is 3. The normalized spacial score (nSPS) is 12.4. The zero-order valence-electron chi connectivity index (χ0n) is 15.8. The summed E-state index contributed by atoms with van der Waals surface area (Å²) in [6.07, 6.45) is 2.23. The van der Waals surface area contributed by atoms with Crippen LogP contribution in [0.4, 0.5) is 5.69 Å². The molecule has 146 valence electrons. The maximum atomic E-state index is 12.7. The number of benzene rings is 2. The average molecular weight is 409 g/mol. The highest BCUT2D eigenvalue weighted by Crippen LogP contribution is 2.23. The lowest BCUT2D eigenvalue weighted by atomic mass is 10.1. The molecule has 1 unspecified atom stereocenters. The fourth-order valence-electron chi connectivity index (χ4n) is 2.74. The van der Waals surface area contributed by atoms with Crippen molar-refractivity contribution in [1.29, 1.82) is 0 Å². The van der Waals surface area contributed by atoms with Gasteiger partial charge in [-0.05, 0) is 55.3 Å². The van der Waals surface area contributed by atoms with Gasteiger partial charge in [-0.15, -0.1) is 0 Å². The van der Waals surface area contributed by atoms with E-state index in [1.54, 1.807) is 36.4 Å². The van der Waals surface area contributed by atoms with Crippen molar-refractivity contribution in [2.45, 2.75) is 44.0 Å². The lowest BCUT2D eigenvalue weighted by molar-refractivity contribution is -0.121. The molecule has 7 heteroatoms. The van der Waals surface area contributed by atoms with Crippen LogP contribution in [0.15, 0.2) is 53.4 Å². The molecule has 0 radical (unpaired) electrons. The molecule has 1 N–H and O–H groups in total. The Hall–Kier alpha value is -2.05. The molecule has 0 spiro atoms. The van der Waals surface area contributed by atoms with E-state index in [0.29, 0.717) is 10.7 Å². The van der Waals surface area contributed by atoms with Crippen LogP contribution in [0.1, 0.15) is 32.3 Å². The van der Waals surface area contributed by atoms with Crippen molar-refractivity contribution in [2.75, 3.05) is 11.4 Å². The number of carbonyl (C=O) groups excluding carboxylic acids is 1. The number of nitrogens with zero attached hydrogens (tertiary/aromatic N) is 1. The number of anilines is 1. The van der Waals surface area contributed by atoms with E-state index in [2.05, 4.69) is 12.2 Å². The van der Waals surface area contributed by atoms with Gasteiger partial charge >= 0.3 is 0 Å². The monoisotopic (exact) mass is 408 g/mol. The summed E-state index contributed by atoms with van der Waals surface area (Å²) in [5.74, 6) is -0.0363. The Labute approximate surface area is 166 Å². The molecule has 27 heavy (non-hydrogen) atoms. The Morgan fingerprint density at radius 2 is 1.70 bits per heavy atom. The largest absolute Gasteiger partial charge is 0.353 e. The van der Waals surface area contributed by atoms with Crippen LogP contribution in [-0.4, -0.2) is 27.4 Å². The first-order valence-corrected chi connectivity index (χ1v) is 10.7. The third-order valence-electron chi connectivity index (χ3n) is 4.27. The number of carbonyl (C=O) groups is 1. The van der Waals surface area contributed by atoms with E-state index in [1.165, 1.54) is 23.5 Å². The van der Waals surface area contributed by atoms with Crippen LogP contribution in [0.5, 0.6) is 0 Å². The Bertz CT molecular complexity index is 865. The Morgan fingerprint density at radius 1 is 1.11 bits per heavy atom. The molecule has 0 heterocycles. The summed E-state index contributed by atoms with van der Waals surface area (Å²) in [5, 5.41) is 3.44. The van der Waals surface area contributed by atoms with Gasteiger partial charge in [-0.1, -0.05) is 37.1 Å². The first-order valence-electron chi connectivity index (χ1n) is 8.87. The number of nitrogens with one attached hydrogen (secondary N) is 1. The summed E-state index contributed by atoms with van der Waals surface area (Å²) in [4.78, 5) is 12.2. The molecule has 2 rings (SSSR count). The van der Waals surface area contributed by atoms with Crippen LogP contribution in [0.3, 0.4) is 0 Å². The molecule has 0 aromatic heterocycles. The fraction of sp³-hybridized carbons (Fsp3) is 0.350. The minimum atomic E-state index is -3.67. The molecule has 0 aliphatic rings. The van der Waals surface area contributed by atoms with Gasteiger partial charge in [-0.25, -0.2) is 8.42 Å². The second kappa shape index (κ2) is 9.24. The predicted molar refractivity (Wildman–Crippen MR) is 110 cm³/mol. The highest BCUT2D eigenvalue weighted by molar-refractivity contribution is 7.92. The van der Waals surface area contributed by atoms with Gasteiger partial charge in [-0.3, -0.25) is 9.10 Å². The lowest BCUT2D eigenvalue weighted by Gasteiger charge is -2.20. The van der Waals surface area contributed by atoms with E-state index >= 15 is 0 Å². The number of sulfonamides is 1. The van der Waals surface area contributed by atoms with Gasteiger partial charge in [0.25, 0.3) is 10.0 Å². The maximum absolute atomic E-state index is 12.7. The summed E-state index contributed by atoms with van der Waals surface area (Å²) in [7, 11) is -2.17. The standard InChI is InChI=1S/C20H25ClN2O3S/c1-4-5-15(2)22-20(24)14-16-6-10-18(11-7-16)23(3)27(25,26)19-12-8-17(21)9-13-19/h6-13,15H,4-5,14H2,1-3H3,(H,22,24). The fourth-order valence-corrected chi connectivity index (χ4v) is 4.07. The van der Waals surface area contributed by atoms with Crippen molar-refractivity contribution < 1.29 is 13.2 Å². The highest BCUT2D eigenvalue weighted by Gasteiger charge is 2.21. The van der Waals surface area contributed by atoms with Gasteiger partial charge < -0.3 is 5.32 Å². The minimum absolute atomic E-state index is 0.0363. The molecule has 2 aromatic carbocycles. The first-order chi connectivity index (χ1) is 12.7. The average Bonchev–Trinajstić information content (AvgIpc) is 2.62. The van der Waals surface area contributed by atoms with Gasteiger partial charge in [0.05, 0.1) is 17.0 Å². The smallest absolute Gasteiger partial charge is 0.264 e. The first kappa shape index (κ1) is 21.3. The second-order valence-electron chi connectivity index (χ2n) is 6.53. The van der Waals surface area contributed by atoms with E-state index < -0.39 is 10.0 Å². The molecule has 0 saturated heterocycles. The van der Waals surface area contributed by atoms with Crippen molar-refractivity contribution in [3.8, 4) is 0 Å². The molecule has 0 fully saturated rings. The molecule has 0 aliphatic carbocycles. The highest BCUT2D eigenvalue weighted by atomic mass is 35.5. The van der Waals surface area contributed by atoms with Crippen LogP contribution >= 0.6 is 11.6 Å². The van der Waals surface area contributed by atoms with Crippen molar-refractivity contribution in [3.05, 3.63) is 59.1 Å². The number of halogens is 1. The van der Waals surface area contributed by atoms with Crippen LogP contribution < -0.4 is 9.62 Å². The quantitative estimate of drug-likeness (QED) is 0.717. The summed E-state index contributed by atoms with van der Waals surface area (Å²) in [5.41, 5.74) is 1.35. The summed E-state index contributed by atoms with van der Waals surface area (Å²) in [6, 6.07) is 13.1. The van der Waals surface area contributed by atoms with E-state index in [9.17, 15) is 13.2 Å². The summed E-state index contributed by atoms with van der Waals surface area (Å²) >= 11 is 5.83. The third-order valence-corrected chi connectivity index (χ3v) is 6.32. The minimum Gasteiger partial charge on any atom is -0.353 e. The summed E-state index contributed by atoms with van der Waals surface area (Å²) < 4.78 is 26.6. The third kappa shape index (κ3) is 5.71. The topological polar surface area (TPSA) is 66.5 Å². The van der Waals surface area contributed by atoms with Crippen molar-refractivity contribution in [2.24, 2.45) is 0 Å². The molecular weight excluding hydrogens is 384 g/mol. The van der Waals surface area contributed by atoms with Crippen molar-refractivity contribution >= 4 is 33.2 Å². The van der Waals surface area contributed by atoms with E-state index in [4.69, 9.17) is 11.6 Å². The molecule has 0 saturated carbocycles. The molecule has 2 aromatic rings. The number of amides is 1. The van der Waals surface area contributed by atoms with Gasteiger partial charge in [0.1, 0.15) is 0 Å². The van der Waals surface area contributed by atoms with Crippen LogP contribution in [0, 0.1) is 0 Å². The zero-order chi connectivity index (χ0) is 20.0. The zero-order valence-corrected chi connectivity index (χ0v) is 17.3. The van der Waals surface area contributed by atoms with E-state index in [1.807, 2.05) is 6.92 Å². The van der Waals surface area contributed by atoms with Crippen molar-refractivity contribution in [3.63, 3.8) is 0 Å². The van der Waals surface area contributed by atoms with Crippen LogP contribution in [0.2, 0.25) is 5.02 Å². The molecule has 0 bridgehead atoms. The predicted octanol–water partition coefficient (Wildman–Crippen LogP) is 4.01. The van der Waals surface area contributed by atoms with E-state index in [-0.39, 0.29) is 23.3 Å². The Balaban J connectivity index is 2.07. The van der Waals surface area contributed by atoms with Crippen LogP contribution in [0.25, 0.3) is 0 Å². The van der Waals surface area contributed by atoms with E-state index in [0.717, 1.165) is 18.4 Å². The Kier molecular flexibility index (Phi) is 7.27. The molecule has 1 atom stereocenters. The Morgan fingerprint density at radius 3 is 2.26 bits per heavy atom. The van der Waals surface area contributed by atoms with Gasteiger partial charge in [-0.2, -0.15) is 0 Å². The van der Waals surface area contributed by atoms with Crippen molar-refractivity contribution in [1.82, 2.24) is 5.32 Å². The number of rotatable bonds is 8. The summed E-state index contributed by atoms with van der Waals surface area (Å²) in [6.45, 7) is 4.07. The van der Waals surface area contributed by atoms with Gasteiger partial charge in [0.15, 0.2) is 0 Å². The second-order valence-corrected chi connectivity index (χ2v) is 8.93. The SMILES string of the molecule is CCCC(C)NC(=O)Cc1ccc(N(C)S(=O)(=O)c2ccc(Cl)cc2)cc1. The molecular formula is C20H25ClN2O3S. The van der Waals surface area contributed by atoms with Gasteiger partial charge in [0.2, 0.25) is 5.91 Å². The van der Waals surface area contributed by atoms with Crippen LogP contribution in [-0.2, 0) is 21.2 Å². The molecule has 1 amide bonds. The molecule has 0 aliphatic heterocycles. The molecule has 5 nitrogen and oxygen atoms in total.